The molecule has 0 bridgehead atoms. The lowest BCUT2D eigenvalue weighted by Crippen LogP contribution is -2.39. The summed E-state index contributed by atoms with van der Waals surface area (Å²) in [7, 11) is 1.98. The summed E-state index contributed by atoms with van der Waals surface area (Å²) in [5.74, 6) is 0.883. The summed E-state index contributed by atoms with van der Waals surface area (Å²) in [5.41, 5.74) is 0.356. The van der Waals surface area contributed by atoms with E-state index in [0.717, 1.165) is 44.0 Å². The number of nitrogens with one attached hydrogen (secondary N) is 1. The molecule has 1 aromatic carbocycles. The number of likely N-dealkylation sites (N-methyl/N-ethyl adjacent to an activating group) is 1. The molecule has 3 nitrogen and oxygen atoms in total. The zero-order valence-corrected chi connectivity index (χ0v) is 14.6. The predicted octanol–water partition coefficient (Wildman–Crippen LogP) is 3.25. The molecule has 0 amide bonds. The van der Waals surface area contributed by atoms with Crippen LogP contribution in [-0.2, 0) is 11.6 Å². The Morgan fingerprint density at radius 3 is 2.32 bits per heavy atom. The Balaban J connectivity index is 0.00000176. The number of nitrogens with zero attached hydrogens (tertiary/aromatic N) is 2. The monoisotopic (exact) mass is 425 g/mol. The summed E-state index contributed by atoms with van der Waals surface area (Å²) in [6.07, 6.45) is -2.26. The van der Waals surface area contributed by atoms with Gasteiger partial charge in [-0.2, -0.15) is 13.2 Å². The number of hydrogen-bond acceptors (Lipinski definition) is 3. The third kappa shape index (κ3) is 3.49. The van der Waals surface area contributed by atoms with Gasteiger partial charge >= 0.3 is 6.18 Å². The van der Waals surface area contributed by atoms with Crippen LogP contribution in [0.5, 0.6) is 0 Å². The molecule has 1 heterocycles. The van der Waals surface area contributed by atoms with E-state index in [9.17, 15) is 13.2 Å². The molecule has 1 aromatic rings. The molecule has 0 spiro atoms. The van der Waals surface area contributed by atoms with Crippen LogP contribution in [0.15, 0.2) is 29.3 Å². The van der Waals surface area contributed by atoms with Crippen LogP contribution in [0.2, 0.25) is 0 Å². The van der Waals surface area contributed by atoms with Crippen molar-refractivity contribution in [2.75, 3.05) is 26.7 Å². The van der Waals surface area contributed by atoms with E-state index in [1.807, 2.05) is 7.05 Å². The molecule has 1 saturated carbocycles. The first-order chi connectivity index (χ1) is 9.91. The van der Waals surface area contributed by atoms with E-state index < -0.39 is 11.7 Å². The number of benzene rings is 1. The second kappa shape index (κ2) is 6.25. The lowest BCUT2D eigenvalue weighted by molar-refractivity contribution is -0.137. The Morgan fingerprint density at radius 2 is 1.86 bits per heavy atom. The molecule has 0 radical (unpaired) electrons. The molecule has 1 fully saturated rings. The minimum atomic E-state index is -4.27. The Morgan fingerprint density at radius 1 is 1.23 bits per heavy atom. The van der Waals surface area contributed by atoms with Crippen LogP contribution in [0.1, 0.15) is 24.0 Å². The summed E-state index contributed by atoms with van der Waals surface area (Å²) in [5, 5.41) is 3.33. The molecular weight excluding hydrogens is 406 g/mol. The molecule has 122 valence electrons. The zero-order chi connectivity index (χ0) is 15.1. The Labute approximate surface area is 145 Å². The van der Waals surface area contributed by atoms with Crippen molar-refractivity contribution in [3.05, 3.63) is 35.4 Å². The topological polar surface area (TPSA) is 27.6 Å². The predicted molar refractivity (Wildman–Crippen MR) is 90.7 cm³/mol. The molecule has 22 heavy (non-hydrogen) atoms. The standard InChI is InChI=1S/C15H18F3N3.HI/c1-21-9-8-19-13(21)20-10-14(6-7-14)11-2-4-12(5-3-11)15(16,17)18;/h2-5H,6-10H2,1H3,(H,19,20);1H. The molecule has 0 unspecified atom stereocenters. The molecule has 2 aliphatic rings. The van der Waals surface area contributed by atoms with Crippen molar-refractivity contribution >= 4 is 29.9 Å². The molecule has 1 N–H and O–H groups in total. The number of guanidine groups is 1. The largest absolute Gasteiger partial charge is 0.416 e. The molecule has 0 aromatic heterocycles. The first-order valence-electron chi connectivity index (χ1n) is 7.08. The van der Waals surface area contributed by atoms with Gasteiger partial charge in [0.2, 0.25) is 0 Å². The highest BCUT2D eigenvalue weighted by Crippen LogP contribution is 2.48. The Bertz CT molecular complexity index is 550. The molecule has 0 saturated heterocycles. The van der Waals surface area contributed by atoms with E-state index in [0.29, 0.717) is 0 Å². The lowest BCUT2D eigenvalue weighted by Gasteiger charge is -2.21. The molecule has 7 heteroatoms. The van der Waals surface area contributed by atoms with E-state index in [-0.39, 0.29) is 29.4 Å². The van der Waals surface area contributed by atoms with Crippen molar-refractivity contribution in [3.8, 4) is 0 Å². The van der Waals surface area contributed by atoms with Gasteiger partial charge in [0.1, 0.15) is 0 Å². The Hall–Kier alpha value is -0.990. The normalized spacial score (nSPS) is 19.5. The number of hydrogen-bond donors (Lipinski definition) is 1. The van der Waals surface area contributed by atoms with Crippen LogP contribution in [-0.4, -0.2) is 37.5 Å². The van der Waals surface area contributed by atoms with E-state index in [1.165, 1.54) is 12.1 Å². The summed E-state index contributed by atoms with van der Waals surface area (Å²) in [6.45, 7) is 2.43. The van der Waals surface area contributed by atoms with Crippen LogP contribution in [0.3, 0.4) is 0 Å². The third-order valence-corrected chi connectivity index (χ3v) is 4.32. The number of alkyl halides is 3. The highest BCUT2D eigenvalue weighted by molar-refractivity contribution is 14.0. The highest BCUT2D eigenvalue weighted by atomic mass is 127. The fraction of sp³-hybridized carbons (Fsp3) is 0.533. The van der Waals surface area contributed by atoms with Gasteiger partial charge in [0.25, 0.3) is 0 Å². The smallest absolute Gasteiger partial charge is 0.355 e. The summed E-state index contributed by atoms with van der Waals surface area (Å²) in [4.78, 5) is 6.43. The van der Waals surface area contributed by atoms with Gasteiger partial charge in [-0.3, -0.25) is 4.99 Å². The Kier molecular flexibility index (Phi) is 4.93. The van der Waals surface area contributed by atoms with Crippen molar-refractivity contribution in [2.24, 2.45) is 4.99 Å². The van der Waals surface area contributed by atoms with Crippen LogP contribution in [0.25, 0.3) is 0 Å². The highest BCUT2D eigenvalue weighted by Gasteiger charge is 2.44. The van der Waals surface area contributed by atoms with Crippen molar-refractivity contribution < 1.29 is 13.2 Å². The maximum atomic E-state index is 12.6. The van der Waals surface area contributed by atoms with E-state index in [2.05, 4.69) is 15.2 Å². The minimum Gasteiger partial charge on any atom is -0.355 e. The van der Waals surface area contributed by atoms with E-state index in [4.69, 9.17) is 0 Å². The summed E-state index contributed by atoms with van der Waals surface area (Å²) in [6, 6.07) is 5.57. The first kappa shape index (κ1) is 17.4. The van der Waals surface area contributed by atoms with Gasteiger partial charge in [0.05, 0.1) is 12.1 Å². The third-order valence-electron chi connectivity index (χ3n) is 4.32. The maximum Gasteiger partial charge on any atom is 0.416 e. The fourth-order valence-electron chi connectivity index (χ4n) is 2.70. The fourth-order valence-corrected chi connectivity index (χ4v) is 2.70. The van der Waals surface area contributed by atoms with Crippen LogP contribution in [0, 0.1) is 0 Å². The average Bonchev–Trinajstić information content (AvgIpc) is 3.13. The number of rotatable bonds is 3. The molecule has 0 atom stereocenters. The molecular formula is C15H19F3IN3. The van der Waals surface area contributed by atoms with Gasteiger partial charge in [-0.25, -0.2) is 0 Å². The molecule has 1 aliphatic carbocycles. The van der Waals surface area contributed by atoms with Gasteiger partial charge < -0.3 is 10.2 Å². The lowest BCUT2D eigenvalue weighted by atomic mass is 9.95. The summed E-state index contributed by atoms with van der Waals surface area (Å²) >= 11 is 0. The first-order valence-corrected chi connectivity index (χ1v) is 7.08. The number of aliphatic imine (C=N–C) groups is 1. The van der Waals surface area contributed by atoms with Crippen molar-refractivity contribution in [1.29, 1.82) is 0 Å². The van der Waals surface area contributed by atoms with Crippen LogP contribution >= 0.6 is 24.0 Å². The van der Waals surface area contributed by atoms with Crippen LogP contribution < -0.4 is 5.32 Å². The van der Waals surface area contributed by atoms with Crippen LogP contribution in [0.4, 0.5) is 13.2 Å². The van der Waals surface area contributed by atoms with Crippen molar-refractivity contribution in [1.82, 2.24) is 10.2 Å². The SMILES string of the molecule is CN1CCN=C1NCC1(c2ccc(C(F)(F)F)cc2)CC1.I. The minimum absolute atomic E-state index is 0. The van der Waals surface area contributed by atoms with Gasteiger partial charge in [-0.15, -0.1) is 24.0 Å². The van der Waals surface area contributed by atoms with Gasteiger partial charge in [0, 0.05) is 25.6 Å². The summed E-state index contributed by atoms with van der Waals surface area (Å²) < 4.78 is 37.8. The van der Waals surface area contributed by atoms with Gasteiger partial charge in [0.15, 0.2) is 5.96 Å². The molecule has 3 rings (SSSR count). The molecule has 1 aliphatic heterocycles. The van der Waals surface area contributed by atoms with Crippen molar-refractivity contribution in [2.45, 2.75) is 24.4 Å². The zero-order valence-electron chi connectivity index (χ0n) is 12.3. The number of halogens is 4. The average molecular weight is 425 g/mol. The van der Waals surface area contributed by atoms with Gasteiger partial charge in [-0.1, -0.05) is 12.1 Å². The van der Waals surface area contributed by atoms with Gasteiger partial charge in [-0.05, 0) is 30.5 Å². The second-order valence-electron chi connectivity index (χ2n) is 5.84. The van der Waals surface area contributed by atoms with E-state index >= 15 is 0 Å². The van der Waals surface area contributed by atoms with Crippen molar-refractivity contribution in [3.63, 3.8) is 0 Å². The second-order valence-corrected chi connectivity index (χ2v) is 5.84. The van der Waals surface area contributed by atoms with E-state index in [1.54, 1.807) is 12.1 Å². The maximum absolute atomic E-state index is 12.6. The quantitative estimate of drug-likeness (QED) is 0.754.